The van der Waals surface area contributed by atoms with Crippen molar-refractivity contribution in [2.75, 3.05) is 20.7 Å². The van der Waals surface area contributed by atoms with Gasteiger partial charge in [-0.1, -0.05) is 6.92 Å². The minimum Gasteiger partial charge on any atom is -0.504 e. The molecule has 0 aliphatic carbocycles. The third kappa shape index (κ3) is 2.50. The fourth-order valence-corrected chi connectivity index (χ4v) is 2.54. The van der Waals surface area contributed by atoms with E-state index in [1.165, 1.54) is 11.1 Å². The van der Waals surface area contributed by atoms with Crippen LogP contribution in [0.4, 0.5) is 0 Å². The molecule has 0 saturated carbocycles. The van der Waals surface area contributed by atoms with E-state index in [0.29, 0.717) is 11.8 Å². The molecule has 0 radical (unpaired) electrons. The minimum absolute atomic E-state index is 0. The zero-order chi connectivity index (χ0) is 11.7. The summed E-state index contributed by atoms with van der Waals surface area (Å²) in [5.41, 5.74) is 2.55. The molecule has 1 aromatic rings. The van der Waals surface area contributed by atoms with Gasteiger partial charge in [0.15, 0.2) is 11.5 Å². The van der Waals surface area contributed by atoms with Gasteiger partial charge in [-0.3, -0.25) is 4.90 Å². The molecule has 1 aliphatic rings. The van der Waals surface area contributed by atoms with Gasteiger partial charge in [0.1, 0.15) is 0 Å². The summed E-state index contributed by atoms with van der Waals surface area (Å²) >= 11 is 0. The van der Waals surface area contributed by atoms with E-state index in [2.05, 4.69) is 18.9 Å². The summed E-state index contributed by atoms with van der Waals surface area (Å²) in [6.45, 7) is 3.25. The molecule has 17 heavy (non-hydrogen) atoms. The maximum atomic E-state index is 9.82. The molecule has 0 saturated heterocycles. The highest BCUT2D eigenvalue weighted by atomic mass is 35.5. The molecule has 0 bridgehead atoms. The van der Waals surface area contributed by atoms with E-state index < -0.39 is 0 Å². The van der Waals surface area contributed by atoms with Crippen LogP contribution in [0.1, 0.15) is 30.5 Å². The second-order valence-electron chi connectivity index (χ2n) is 4.38. The van der Waals surface area contributed by atoms with Crippen molar-refractivity contribution in [3.05, 3.63) is 23.3 Å². The van der Waals surface area contributed by atoms with E-state index in [1.54, 1.807) is 7.11 Å². The fourth-order valence-electron chi connectivity index (χ4n) is 2.54. The topological polar surface area (TPSA) is 32.7 Å². The Labute approximate surface area is 109 Å². The van der Waals surface area contributed by atoms with Crippen molar-refractivity contribution in [1.29, 1.82) is 0 Å². The van der Waals surface area contributed by atoms with Crippen LogP contribution in [0.3, 0.4) is 0 Å². The average molecular weight is 258 g/mol. The van der Waals surface area contributed by atoms with Gasteiger partial charge in [0.2, 0.25) is 0 Å². The van der Waals surface area contributed by atoms with Crippen molar-refractivity contribution in [2.24, 2.45) is 0 Å². The molecular formula is C13H20ClNO2. The van der Waals surface area contributed by atoms with Gasteiger partial charge in [-0.05, 0) is 43.1 Å². The largest absolute Gasteiger partial charge is 0.504 e. The first kappa shape index (κ1) is 14.1. The van der Waals surface area contributed by atoms with Gasteiger partial charge in [-0.15, -0.1) is 12.4 Å². The first-order chi connectivity index (χ1) is 7.67. The predicted octanol–water partition coefficient (Wildman–Crippen LogP) is 2.76. The van der Waals surface area contributed by atoms with Crippen LogP contribution in [0.2, 0.25) is 0 Å². The van der Waals surface area contributed by atoms with Gasteiger partial charge in [-0.25, -0.2) is 0 Å². The van der Waals surface area contributed by atoms with E-state index >= 15 is 0 Å². The molecular weight excluding hydrogens is 238 g/mol. The zero-order valence-corrected chi connectivity index (χ0v) is 11.4. The monoisotopic (exact) mass is 257 g/mol. The lowest BCUT2D eigenvalue weighted by Crippen LogP contribution is -2.31. The normalized spacial score (nSPS) is 19.4. The van der Waals surface area contributed by atoms with Crippen LogP contribution in [0.25, 0.3) is 0 Å². The Morgan fingerprint density at radius 3 is 2.76 bits per heavy atom. The highest BCUT2D eigenvalue weighted by Gasteiger charge is 2.24. The number of methoxy groups -OCH3 is 1. The predicted molar refractivity (Wildman–Crippen MR) is 71.3 cm³/mol. The van der Waals surface area contributed by atoms with Crippen molar-refractivity contribution in [3.63, 3.8) is 0 Å². The Morgan fingerprint density at radius 2 is 2.18 bits per heavy atom. The quantitative estimate of drug-likeness (QED) is 0.884. The first-order valence-electron chi connectivity index (χ1n) is 5.77. The lowest BCUT2D eigenvalue weighted by atomic mass is 9.91. The second-order valence-corrected chi connectivity index (χ2v) is 4.38. The van der Waals surface area contributed by atoms with Gasteiger partial charge in [0.05, 0.1) is 7.11 Å². The molecule has 3 nitrogen and oxygen atoms in total. The molecule has 1 unspecified atom stereocenters. The molecule has 4 heteroatoms. The molecule has 1 atom stereocenters. The Balaban J connectivity index is 0.00000144. The van der Waals surface area contributed by atoms with Gasteiger partial charge in [-0.2, -0.15) is 0 Å². The molecule has 0 aromatic heterocycles. The summed E-state index contributed by atoms with van der Waals surface area (Å²) in [7, 11) is 3.73. The van der Waals surface area contributed by atoms with Crippen LogP contribution in [0, 0.1) is 0 Å². The van der Waals surface area contributed by atoms with Crippen molar-refractivity contribution >= 4 is 12.4 Å². The highest BCUT2D eigenvalue weighted by molar-refractivity contribution is 5.85. The Hall–Kier alpha value is -0.930. The smallest absolute Gasteiger partial charge is 0.160 e. The molecule has 0 spiro atoms. The molecule has 2 rings (SSSR count). The molecule has 0 amide bonds. The highest BCUT2D eigenvalue weighted by Crippen LogP contribution is 2.37. The molecule has 1 aromatic carbocycles. The fraction of sp³-hybridized carbons (Fsp3) is 0.538. The molecule has 1 N–H and O–H groups in total. The van der Waals surface area contributed by atoms with Gasteiger partial charge < -0.3 is 9.84 Å². The number of likely N-dealkylation sites (N-methyl/N-ethyl adjacent to an activating group) is 1. The number of ether oxygens (including phenoxy) is 1. The number of fused-ring (bicyclic) bond motifs is 1. The maximum absolute atomic E-state index is 9.82. The van der Waals surface area contributed by atoms with Crippen LogP contribution in [0.5, 0.6) is 11.5 Å². The van der Waals surface area contributed by atoms with Crippen LogP contribution >= 0.6 is 12.4 Å². The summed E-state index contributed by atoms with van der Waals surface area (Å²) in [6, 6.07) is 4.25. The first-order valence-corrected chi connectivity index (χ1v) is 5.77. The number of hydrogen-bond acceptors (Lipinski definition) is 3. The number of halogens is 1. The summed E-state index contributed by atoms with van der Waals surface area (Å²) in [4.78, 5) is 2.34. The number of nitrogens with zero attached hydrogens (tertiary/aromatic N) is 1. The lowest BCUT2D eigenvalue weighted by molar-refractivity contribution is 0.224. The third-order valence-corrected chi connectivity index (χ3v) is 3.45. The van der Waals surface area contributed by atoms with Crippen LogP contribution < -0.4 is 4.74 Å². The summed E-state index contributed by atoms with van der Waals surface area (Å²) in [5, 5.41) is 9.82. The summed E-state index contributed by atoms with van der Waals surface area (Å²) < 4.78 is 5.14. The van der Waals surface area contributed by atoms with E-state index in [0.717, 1.165) is 19.4 Å². The zero-order valence-electron chi connectivity index (χ0n) is 10.6. The number of rotatable bonds is 2. The summed E-state index contributed by atoms with van der Waals surface area (Å²) in [6.07, 6.45) is 2.09. The van der Waals surface area contributed by atoms with Crippen molar-refractivity contribution in [3.8, 4) is 11.5 Å². The molecule has 1 aliphatic heterocycles. The van der Waals surface area contributed by atoms with Crippen LogP contribution in [0.15, 0.2) is 12.1 Å². The number of phenolic OH excluding ortho intramolecular Hbond substituents is 1. The Kier molecular flexibility index (Phi) is 4.66. The van der Waals surface area contributed by atoms with Gasteiger partial charge >= 0.3 is 0 Å². The molecule has 0 fully saturated rings. The Bertz CT molecular complexity index is 395. The van der Waals surface area contributed by atoms with Gasteiger partial charge in [0.25, 0.3) is 0 Å². The van der Waals surface area contributed by atoms with E-state index in [9.17, 15) is 5.11 Å². The van der Waals surface area contributed by atoms with Crippen molar-refractivity contribution in [1.82, 2.24) is 4.90 Å². The van der Waals surface area contributed by atoms with Crippen LogP contribution in [-0.4, -0.2) is 30.7 Å². The van der Waals surface area contributed by atoms with Gasteiger partial charge in [0, 0.05) is 12.6 Å². The minimum atomic E-state index is 0. The maximum Gasteiger partial charge on any atom is 0.160 e. The van der Waals surface area contributed by atoms with Crippen molar-refractivity contribution < 1.29 is 9.84 Å². The molecule has 96 valence electrons. The average Bonchev–Trinajstić information content (AvgIpc) is 2.28. The second kappa shape index (κ2) is 5.61. The molecule has 1 heterocycles. The summed E-state index contributed by atoms with van der Waals surface area (Å²) in [5.74, 6) is 0.827. The van der Waals surface area contributed by atoms with Crippen LogP contribution in [-0.2, 0) is 6.42 Å². The number of phenols is 1. The third-order valence-electron chi connectivity index (χ3n) is 3.45. The lowest BCUT2D eigenvalue weighted by Gasteiger charge is -2.34. The van der Waals surface area contributed by atoms with E-state index in [4.69, 9.17) is 4.74 Å². The number of benzene rings is 1. The number of hydrogen-bond donors (Lipinski definition) is 1. The number of aromatic hydroxyl groups is 1. The standard InChI is InChI=1S/C13H19NO2.ClH/c1-4-11-10-8-12(15)13(16-3)7-9(10)5-6-14(11)2;/h7-8,11,15H,4-6H2,1-3H3;1H. The van der Waals surface area contributed by atoms with Crippen molar-refractivity contribution in [2.45, 2.75) is 25.8 Å². The SMILES string of the molecule is CCC1c2cc(O)c(OC)cc2CCN1C.Cl. The Morgan fingerprint density at radius 1 is 1.47 bits per heavy atom. The van der Waals surface area contributed by atoms with E-state index in [-0.39, 0.29) is 18.2 Å². The van der Waals surface area contributed by atoms with E-state index in [1.807, 2.05) is 12.1 Å².